The molecule has 1 aliphatic rings. The van der Waals surface area contributed by atoms with Crippen molar-refractivity contribution in [2.45, 2.75) is 53.6 Å². The Morgan fingerprint density at radius 2 is 1.84 bits per heavy atom. The molecule has 0 spiro atoms. The second kappa shape index (κ2) is 7.16. The van der Waals surface area contributed by atoms with Crippen molar-refractivity contribution in [1.29, 1.82) is 0 Å². The predicted octanol–water partition coefficient (Wildman–Crippen LogP) is 2.55. The molecule has 1 fully saturated rings. The molecule has 0 radical (unpaired) electrons. The number of nitrogens with zero attached hydrogens (tertiary/aromatic N) is 1. The first kappa shape index (κ1) is 19.4. The van der Waals surface area contributed by atoms with Crippen LogP contribution in [0.15, 0.2) is 24.3 Å². The van der Waals surface area contributed by atoms with Gasteiger partial charge in [-0.2, -0.15) is 0 Å². The van der Waals surface area contributed by atoms with E-state index in [-0.39, 0.29) is 23.3 Å². The fraction of sp³-hybridized carbons (Fsp3) is 0.600. The SMILES string of the molecule is CC(C)(C)C(=O)NCc1ccc(C(=O)N2CCC(N)C(C)(C)C2)cc1. The number of hydrogen-bond donors (Lipinski definition) is 2. The van der Waals surface area contributed by atoms with Crippen molar-refractivity contribution in [3.63, 3.8) is 0 Å². The van der Waals surface area contributed by atoms with Gasteiger partial charge in [-0.1, -0.05) is 46.8 Å². The van der Waals surface area contributed by atoms with E-state index < -0.39 is 5.41 Å². The van der Waals surface area contributed by atoms with Crippen LogP contribution in [0.3, 0.4) is 0 Å². The molecule has 1 heterocycles. The Hall–Kier alpha value is -1.88. The average molecular weight is 345 g/mol. The summed E-state index contributed by atoms with van der Waals surface area (Å²) in [5, 5.41) is 2.92. The molecule has 1 aromatic rings. The molecular formula is C20H31N3O2. The highest BCUT2D eigenvalue weighted by Crippen LogP contribution is 2.28. The topological polar surface area (TPSA) is 75.4 Å². The number of piperidine rings is 1. The lowest BCUT2D eigenvalue weighted by Crippen LogP contribution is -2.54. The molecule has 2 amide bonds. The van der Waals surface area contributed by atoms with E-state index in [4.69, 9.17) is 5.73 Å². The first-order valence-corrected chi connectivity index (χ1v) is 8.93. The summed E-state index contributed by atoms with van der Waals surface area (Å²) >= 11 is 0. The third-order valence-electron chi connectivity index (χ3n) is 4.93. The summed E-state index contributed by atoms with van der Waals surface area (Å²) in [6, 6.07) is 7.60. The third kappa shape index (κ3) is 4.82. The number of carbonyl (C=O) groups excluding carboxylic acids is 2. The lowest BCUT2D eigenvalue weighted by molar-refractivity contribution is -0.128. The molecule has 1 unspecified atom stereocenters. The maximum Gasteiger partial charge on any atom is 0.253 e. The number of nitrogens with one attached hydrogen (secondary N) is 1. The third-order valence-corrected chi connectivity index (χ3v) is 4.93. The minimum Gasteiger partial charge on any atom is -0.352 e. The second-order valence-corrected chi connectivity index (χ2v) is 8.74. The highest BCUT2D eigenvalue weighted by molar-refractivity contribution is 5.94. The molecule has 25 heavy (non-hydrogen) atoms. The second-order valence-electron chi connectivity index (χ2n) is 8.74. The van der Waals surface area contributed by atoms with Gasteiger partial charge in [-0.3, -0.25) is 9.59 Å². The van der Waals surface area contributed by atoms with Crippen LogP contribution in [0.2, 0.25) is 0 Å². The zero-order valence-corrected chi connectivity index (χ0v) is 16.1. The van der Waals surface area contributed by atoms with E-state index in [0.717, 1.165) is 12.0 Å². The van der Waals surface area contributed by atoms with Gasteiger partial charge in [0.2, 0.25) is 5.91 Å². The van der Waals surface area contributed by atoms with Crippen molar-refractivity contribution >= 4 is 11.8 Å². The van der Waals surface area contributed by atoms with Crippen LogP contribution in [-0.4, -0.2) is 35.8 Å². The van der Waals surface area contributed by atoms with Gasteiger partial charge >= 0.3 is 0 Å². The molecule has 1 atom stereocenters. The van der Waals surface area contributed by atoms with Crippen molar-refractivity contribution in [2.24, 2.45) is 16.6 Å². The van der Waals surface area contributed by atoms with E-state index in [1.54, 1.807) is 0 Å². The van der Waals surface area contributed by atoms with Gasteiger partial charge in [0.05, 0.1) is 0 Å². The summed E-state index contributed by atoms with van der Waals surface area (Å²) in [5.74, 6) is 0.0600. The molecule has 1 aromatic carbocycles. The zero-order chi connectivity index (χ0) is 18.8. The van der Waals surface area contributed by atoms with Crippen molar-refractivity contribution in [2.75, 3.05) is 13.1 Å². The Morgan fingerprint density at radius 1 is 1.24 bits per heavy atom. The standard InChI is InChI=1S/C20H31N3O2/c1-19(2,3)18(25)22-12-14-6-8-15(9-7-14)17(24)23-11-10-16(21)20(4,5)13-23/h6-9,16H,10-13,21H2,1-5H3,(H,22,25). The van der Waals surface area contributed by atoms with Crippen LogP contribution in [0.5, 0.6) is 0 Å². The first-order chi connectivity index (χ1) is 11.5. The molecule has 3 N–H and O–H groups in total. The van der Waals surface area contributed by atoms with Gasteiger partial charge in [-0.25, -0.2) is 0 Å². The van der Waals surface area contributed by atoms with E-state index in [1.165, 1.54) is 0 Å². The summed E-state index contributed by atoms with van der Waals surface area (Å²) < 4.78 is 0. The van der Waals surface area contributed by atoms with Crippen molar-refractivity contribution < 1.29 is 9.59 Å². The highest BCUT2D eigenvalue weighted by atomic mass is 16.2. The summed E-state index contributed by atoms with van der Waals surface area (Å²) in [6.45, 7) is 11.7. The number of amides is 2. The van der Waals surface area contributed by atoms with E-state index in [2.05, 4.69) is 19.2 Å². The van der Waals surface area contributed by atoms with E-state index in [1.807, 2.05) is 49.9 Å². The smallest absolute Gasteiger partial charge is 0.253 e. The monoisotopic (exact) mass is 345 g/mol. The van der Waals surface area contributed by atoms with E-state index in [9.17, 15) is 9.59 Å². The van der Waals surface area contributed by atoms with Crippen molar-refractivity contribution in [1.82, 2.24) is 10.2 Å². The zero-order valence-electron chi connectivity index (χ0n) is 16.1. The van der Waals surface area contributed by atoms with Gasteiger partial charge in [0, 0.05) is 36.7 Å². The Bertz CT molecular complexity index is 629. The molecule has 2 rings (SSSR count). The van der Waals surface area contributed by atoms with Crippen LogP contribution in [-0.2, 0) is 11.3 Å². The Kier molecular flexibility index (Phi) is 5.57. The minimum atomic E-state index is -0.405. The molecule has 0 aliphatic carbocycles. The molecule has 5 heteroatoms. The molecule has 1 saturated heterocycles. The van der Waals surface area contributed by atoms with Crippen LogP contribution >= 0.6 is 0 Å². The lowest BCUT2D eigenvalue weighted by atomic mass is 9.79. The number of hydrogen-bond acceptors (Lipinski definition) is 3. The Labute approximate surface area is 151 Å². The molecule has 5 nitrogen and oxygen atoms in total. The minimum absolute atomic E-state index is 0.0135. The van der Waals surface area contributed by atoms with Crippen molar-refractivity contribution in [3.8, 4) is 0 Å². The molecule has 0 aromatic heterocycles. The number of likely N-dealkylation sites (tertiary alicyclic amines) is 1. The average Bonchev–Trinajstić information content (AvgIpc) is 2.54. The van der Waals surface area contributed by atoms with Crippen molar-refractivity contribution in [3.05, 3.63) is 35.4 Å². The fourth-order valence-corrected chi connectivity index (χ4v) is 2.94. The first-order valence-electron chi connectivity index (χ1n) is 8.93. The van der Waals surface area contributed by atoms with Gasteiger partial charge in [-0.05, 0) is 29.5 Å². The molecule has 1 aliphatic heterocycles. The molecule has 138 valence electrons. The number of benzene rings is 1. The summed E-state index contributed by atoms with van der Waals surface area (Å²) in [5.41, 5.74) is 7.34. The van der Waals surface area contributed by atoms with Crippen LogP contribution < -0.4 is 11.1 Å². The normalized spacial score (nSPS) is 20.2. The van der Waals surface area contributed by atoms with E-state index in [0.29, 0.717) is 25.2 Å². The largest absolute Gasteiger partial charge is 0.352 e. The fourth-order valence-electron chi connectivity index (χ4n) is 2.94. The maximum absolute atomic E-state index is 12.7. The number of carbonyl (C=O) groups is 2. The van der Waals surface area contributed by atoms with Crippen LogP contribution in [0.25, 0.3) is 0 Å². The highest BCUT2D eigenvalue weighted by Gasteiger charge is 2.35. The van der Waals surface area contributed by atoms with Gasteiger partial charge in [0.25, 0.3) is 5.91 Å². The molecular weight excluding hydrogens is 314 g/mol. The summed E-state index contributed by atoms with van der Waals surface area (Å²) in [7, 11) is 0. The van der Waals surface area contributed by atoms with Gasteiger partial charge in [0.1, 0.15) is 0 Å². The number of nitrogens with two attached hydrogens (primary N) is 1. The van der Waals surface area contributed by atoms with E-state index >= 15 is 0 Å². The quantitative estimate of drug-likeness (QED) is 0.884. The van der Waals surface area contributed by atoms with Gasteiger partial charge in [0.15, 0.2) is 0 Å². The van der Waals surface area contributed by atoms with Gasteiger partial charge < -0.3 is 16.0 Å². The molecule has 0 bridgehead atoms. The van der Waals surface area contributed by atoms with Crippen LogP contribution in [0, 0.1) is 10.8 Å². The lowest BCUT2D eigenvalue weighted by Gasteiger charge is -2.42. The molecule has 0 saturated carbocycles. The van der Waals surface area contributed by atoms with Gasteiger partial charge in [-0.15, -0.1) is 0 Å². The summed E-state index contributed by atoms with van der Waals surface area (Å²) in [6.07, 6.45) is 0.829. The Morgan fingerprint density at radius 3 is 2.36 bits per heavy atom. The van der Waals surface area contributed by atoms with Crippen LogP contribution in [0.4, 0.5) is 0 Å². The number of rotatable bonds is 3. The van der Waals surface area contributed by atoms with Crippen LogP contribution in [0.1, 0.15) is 57.0 Å². The maximum atomic E-state index is 12.7. The Balaban J connectivity index is 1.98. The predicted molar refractivity (Wildman–Crippen MR) is 100 cm³/mol. The summed E-state index contributed by atoms with van der Waals surface area (Å²) in [4.78, 5) is 26.5.